The highest BCUT2D eigenvalue weighted by Crippen LogP contribution is 2.40. The molecule has 19 heavy (non-hydrogen) atoms. The van der Waals surface area contributed by atoms with E-state index in [1.807, 2.05) is 31.2 Å². The van der Waals surface area contributed by atoms with E-state index in [2.05, 4.69) is 10.6 Å². The van der Waals surface area contributed by atoms with Crippen molar-refractivity contribution in [1.29, 1.82) is 0 Å². The van der Waals surface area contributed by atoms with Gasteiger partial charge in [0.05, 0.1) is 11.8 Å². The average molecular weight is 258 g/mol. The van der Waals surface area contributed by atoms with Crippen molar-refractivity contribution in [2.24, 2.45) is 11.8 Å². The van der Waals surface area contributed by atoms with E-state index in [0.717, 1.165) is 24.1 Å². The highest BCUT2D eigenvalue weighted by atomic mass is 16.2. The Balaban J connectivity index is 1.51. The standard InChI is InChI=1S/C15H18N2O2/c1-9-2-4-10(5-3-9)16-14(18)12-8-13(12)15(19)17-11-6-7-11/h2-5,11-13H,6-8H2,1H3,(H,16,18)(H,17,19). The molecule has 2 atom stereocenters. The van der Waals surface area contributed by atoms with Crippen molar-refractivity contribution in [3.63, 3.8) is 0 Å². The van der Waals surface area contributed by atoms with Crippen LogP contribution in [0.25, 0.3) is 0 Å². The highest BCUT2D eigenvalue weighted by Gasteiger charge is 2.48. The zero-order valence-corrected chi connectivity index (χ0v) is 11.0. The lowest BCUT2D eigenvalue weighted by molar-refractivity contribution is -0.125. The number of hydrogen-bond donors (Lipinski definition) is 2. The van der Waals surface area contributed by atoms with E-state index in [-0.39, 0.29) is 23.7 Å². The van der Waals surface area contributed by atoms with Crippen LogP contribution in [0.15, 0.2) is 24.3 Å². The average Bonchev–Trinajstić information content (AvgIpc) is 3.25. The molecule has 2 amide bonds. The smallest absolute Gasteiger partial charge is 0.228 e. The van der Waals surface area contributed by atoms with Crippen LogP contribution in [0.2, 0.25) is 0 Å². The zero-order chi connectivity index (χ0) is 13.4. The lowest BCUT2D eigenvalue weighted by Crippen LogP contribution is -2.29. The maximum atomic E-state index is 12.0. The topological polar surface area (TPSA) is 58.2 Å². The van der Waals surface area contributed by atoms with Crippen LogP contribution in [0.3, 0.4) is 0 Å². The Morgan fingerprint density at radius 2 is 1.68 bits per heavy atom. The summed E-state index contributed by atoms with van der Waals surface area (Å²) in [7, 11) is 0. The second-order valence-electron chi connectivity index (χ2n) is 5.59. The van der Waals surface area contributed by atoms with E-state index in [0.29, 0.717) is 12.5 Å². The SMILES string of the molecule is Cc1ccc(NC(=O)C2CC2C(=O)NC2CC2)cc1. The minimum absolute atomic E-state index is 0.0419. The molecule has 1 aromatic rings. The summed E-state index contributed by atoms with van der Waals surface area (Å²) in [5.74, 6) is -0.266. The van der Waals surface area contributed by atoms with Crippen molar-refractivity contribution in [3.05, 3.63) is 29.8 Å². The summed E-state index contributed by atoms with van der Waals surface area (Å²) >= 11 is 0. The summed E-state index contributed by atoms with van der Waals surface area (Å²) in [6.45, 7) is 2.00. The van der Waals surface area contributed by atoms with Gasteiger partial charge < -0.3 is 10.6 Å². The van der Waals surface area contributed by atoms with Gasteiger partial charge in [-0.1, -0.05) is 17.7 Å². The third-order valence-electron chi connectivity index (χ3n) is 3.71. The molecule has 100 valence electrons. The molecular weight excluding hydrogens is 240 g/mol. The zero-order valence-electron chi connectivity index (χ0n) is 11.0. The Hall–Kier alpha value is -1.84. The normalized spacial score (nSPS) is 24.7. The molecular formula is C15H18N2O2. The van der Waals surface area contributed by atoms with Gasteiger partial charge in [-0.25, -0.2) is 0 Å². The summed E-state index contributed by atoms with van der Waals surface area (Å²) < 4.78 is 0. The monoisotopic (exact) mass is 258 g/mol. The molecule has 2 saturated carbocycles. The molecule has 0 aromatic heterocycles. The van der Waals surface area contributed by atoms with Crippen molar-refractivity contribution < 1.29 is 9.59 Å². The van der Waals surface area contributed by atoms with Crippen LogP contribution in [-0.2, 0) is 9.59 Å². The van der Waals surface area contributed by atoms with Crippen LogP contribution in [-0.4, -0.2) is 17.9 Å². The van der Waals surface area contributed by atoms with Crippen LogP contribution in [0.1, 0.15) is 24.8 Å². The molecule has 4 heteroatoms. The Kier molecular flexibility index (Phi) is 3.01. The van der Waals surface area contributed by atoms with E-state index in [1.54, 1.807) is 0 Å². The Morgan fingerprint density at radius 1 is 1.05 bits per heavy atom. The fourth-order valence-corrected chi connectivity index (χ4v) is 2.18. The second kappa shape index (κ2) is 4.68. The van der Waals surface area contributed by atoms with Crippen molar-refractivity contribution in [2.75, 3.05) is 5.32 Å². The molecule has 0 spiro atoms. The summed E-state index contributed by atoms with van der Waals surface area (Å²) in [6, 6.07) is 8.05. The summed E-state index contributed by atoms with van der Waals surface area (Å²) in [5, 5.41) is 5.82. The predicted octanol–water partition coefficient (Wildman–Crippen LogP) is 1.85. The van der Waals surface area contributed by atoms with E-state index >= 15 is 0 Å². The Bertz CT molecular complexity index is 505. The number of carbonyl (C=O) groups excluding carboxylic acids is 2. The van der Waals surface area contributed by atoms with E-state index in [9.17, 15) is 9.59 Å². The van der Waals surface area contributed by atoms with Crippen LogP contribution >= 0.6 is 0 Å². The van der Waals surface area contributed by atoms with E-state index < -0.39 is 0 Å². The number of benzene rings is 1. The van der Waals surface area contributed by atoms with Crippen LogP contribution < -0.4 is 10.6 Å². The van der Waals surface area contributed by atoms with Crippen LogP contribution in [0, 0.1) is 18.8 Å². The molecule has 2 aliphatic rings. The third kappa shape index (κ3) is 2.95. The van der Waals surface area contributed by atoms with Crippen molar-refractivity contribution in [2.45, 2.75) is 32.2 Å². The van der Waals surface area contributed by atoms with Gasteiger partial charge in [0.1, 0.15) is 0 Å². The molecule has 0 saturated heterocycles. The Labute approximate surface area is 112 Å². The van der Waals surface area contributed by atoms with Crippen LogP contribution in [0.5, 0.6) is 0 Å². The molecule has 0 aliphatic heterocycles. The number of rotatable bonds is 4. The largest absolute Gasteiger partial charge is 0.353 e. The molecule has 0 heterocycles. The highest BCUT2D eigenvalue weighted by molar-refractivity contribution is 5.99. The van der Waals surface area contributed by atoms with Crippen molar-refractivity contribution in [3.8, 4) is 0 Å². The fourth-order valence-electron chi connectivity index (χ4n) is 2.18. The second-order valence-corrected chi connectivity index (χ2v) is 5.59. The fraction of sp³-hybridized carbons (Fsp3) is 0.467. The van der Waals surface area contributed by atoms with Gasteiger partial charge in [-0.15, -0.1) is 0 Å². The van der Waals surface area contributed by atoms with Gasteiger partial charge in [0.25, 0.3) is 0 Å². The van der Waals surface area contributed by atoms with Gasteiger partial charge in [-0.05, 0) is 38.3 Å². The third-order valence-corrected chi connectivity index (χ3v) is 3.71. The number of aryl methyl sites for hydroxylation is 1. The van der Waals surface area contributed by atoms with Gasteiger partial charge in [-0.3, -0.25) is 9.59 Å². The Morgan fingerprint density at radius 3 is 2.32 bits per heavy atom. The number of anilines is 1. The van der Waals surface area contributed by atoms with Gasteiger partial charge in [0, 0.05) is 11.7 Å². The predicted molar refractivity (Wildman–Crippen MR) is 72.6 cm³/mol. The molecule has 2 N–H and O–H groups in total. The van der Waals surface area contributed by atoms with Crippen molar-refractivity contribution >= 4 is 17.5 Å². The summed E-state index contributed by atoms with van der Waals surface area (Å²) in [4.78, 5) is 23.8. The quantitative estimate of drug-likeness (QED) is 0.866. The first-order valence-corrected chi connectivity index (χ1v) is 6.81. The lowest BCUT2D eigenvalue weighted by atomic mass is 10.2. The minimum Gasteiger partial charge on any atom is -0.353 e. The molecule has 0 bridgehead atoms. The van der Waals surface area contributed by atoms with E-state index in [4.69, 9.17) is 0 Å². The van der Waals surface area contributed by atoms with E-state index in [1.165, 1.54) is 0 Å². The maximum Gasteiger partial charge on any atom is 0.228 e. The van der Waals surface area contributed by atoms with Gasteiger partial charge in [0.2, 0.25) is 11.8 Å². The molecule has 2 unspecified atom stereocenters. The first-order valence-electron chi connectivity index (χ1n) is 6.81. The van der Waals surface area contributed by atoms with Crippen LogP contribution in [0.4, 0.5) is 5.69 Å². The molecule has 2 fully saturated rings. The first kappa shape index (κ1) is 12.2. The molecule has 3 rings (SSSR count). The number of hydrogen-bond acceptors (Lipinski definition) is 2. The number of carbonyl (C=O) groups is 2. The first-order chi connectivity index (χ1) is 9.13. The number of amides is 2. The van der Waals surface area contributed by atoms with Gasteiger partial charge in [-0.2, -0.15) is 0 Å². The minimum atomic E-state index is -0.153. The number of nitrogens with one attached hydrogen (secondary N) is 2. The summed E-state index contributed by atoms with van der Waals surface area (Å²) in [6.07, 6.45) is 2.84. The maximum absolute atomic E-state index is 12.0. The van der Waals surface area contributed by atoms with Crippen molar-refractivity contribution in [1.82, 2.24) is 5.32 Å². The molecule has 2 aliphatic carbocycles. The lowest BCUT2D eigenvalue weighted by Gasteiger charge is -2.05. The van der Waals surface area contributed by atoms with Gasteiger partial charge in [0.15, 0.2) is 0 Å². The molecule has 4 nitrogen and oxygen atoms in total. The molecule has 1 aromatic carbocycles. The summed E-state index contributed by atoms with van der Waals surface area (Å²) in [5.41, 5.74) is 1.95. The molecule has 0 radical (unpaired) electrons. The van der Waals surface area contributed by atoms with Gasteiger partial charge >= 0.3 is 0 Å².